The molecule has 0 spiro atoms. The Labute approximate surface area is 114 Å². The molecule has 0 atom stereocenters. The number of halogens is 2. The summed E-state index contributed by atoms with van der Waals surface area (Å²) in [7, 11) is 0. The van der Waals surface area contributed by atoms with Gasteiger partial charge in [0.05, 0.1) is 5.02 Å². The van der Waals surface area contributed by atoms with Crippen LogP contribution >= 0.6 is 23.2 Å². The molecule has 0 radical (unpaired) electrons. The highest BCUT2D eigenvalue weighted by molar-refractivity contribution is 6.33. The molecule has 0 saturated heterocycles. The molecule has 0 aliphatic heterocycles. The molecule has 2 aromatic rings. The summed E-state index contributed by atoms with van der Waals surface area (Å²) in [5.74, 6) is 0.403. The maximum absolute atomic E-state index is 11.3. The van der Waals surface area contributed by atoms with Crippen LogP contribution in [0.25, 0.3) is 11.0 Å². The highest BCUT2D eigenvalue weighted by Crippen LogP contribution is 2.31. The van der Waals surface area contributed by atoms with Gasteiger partial charge in [-0.05, 0) is 18.6 Å². The maximum atomic E-state index is 11.3. The van der Waals surface area contributed by atoms with Crippen LogP contribution < -0.4 is 10.4 Å². The first-order chi connectivity index (χ1) is 8.47. The van der Waals surface area contributed by atoms with E-state index in [1.807, 2.05) is 6.92 Å². The SMILES string of the molecule is C=C(Cl)COc1cc2oc(=O)cc(C)c2cc1Cl. The van der Waals surface area contributed by atoms with Gasteiger partial charge in [-0.25, -0.2) is 4.79 Å². The molecule has 0 bridgehead atoms. The Morgan fingerprint density at radius 1 is 1.44 bits per heavy atom. The molecule has 1 aromatic heterocycles. The lowest BCUT2D eigenvalue weighted by Crippen LogP contribution is -2.00. The first-order valence-corrected chi connectivity index (χ1v) is 5.93. The van der Waals surface area contributed by atoms with E-state index in [0.717, 1.165) is 10.9 Å². The molecule has 5 heteroatoms. The van der Waals surface area contributed by atoms with E-state index in [0.29, 0.717) is 21.4 Å². The van der Waals surface area contributed by atoms with Crippen LogP contribution in [-0.2, 0) is 0 Å². The third-order valence-electron chi connectivity index (χ3n) is 2.39. The van der Waals surface area contributed by atoms with Crippen molar-refractivity contribution < 1.29 is 9.15 Å². The van der Waals surface area contributed by atoms with Crippen LogP contribution in [0.5, 0.6) is 5.75 Å². The molecule has 1 heterocycles. The minimum absolute atomic E-state index is 0.142. The zero-order valence-corrected chi connectivity index (χ0v) is 11.1. The fraction of sp³-hybridized carbons (Fsp3) is 0.154. The third kappa shape index (κ3) is 2.68. The average Bonchev–Trinajstić information content (AvgIpc) is 2.27. The molecule has 18 heavy (non-hydrogen) atoms. The highest BCUT2D eigenvalue weighted by atomic mass is 35.5. The monoisotopic (exact) mass is 284 g/mol. The van der Waals surface area contributed by atoms with Gasteiger partial charge in [0.25, 0.3) is 0 Å². The minimum atomic E-state index is -0.407. The topological polar surface area (TPSA) is 39.4 Å². The van der Waals surface area contributed by atoms with Gasteiger partial charge in [0.2, 0.25) is 0 Å². The second-order valence-electron chi connectivity index (χ2n) is 3.83. The minimum Gasteiger partial charge on any atom is -0.486 e. The lowest BCUT2D eigenvalue weighted by molar-refractivity contribution is 0.359. The van der Waals surface area contributed by atoms with E-state index in [4.69, 9.17) is 32.4 Å². The van der Waals surface area contributed by atoms with Gasteiger partial charge in [-0.15, -0.1) is 0 Å². The summed E-state index contributed by atoms with van der Waals surface area (Å²) in [6.45, 7) is 5.47. The normalized spacial score (nSPS) is 10.6. The summed E-state index contributed by atoms with van der Waals surface area (Å²) in [4.78, 5) is 11.3. The molecular formula is C13H10Cl2O3. The summed E-state index contributed by atoms with van der Waals surface area (Å²) < 4.78 is 10.5. The van der Waals surface area contributed by atoms with Crippen molar-refractivity contribution in [3.63, 3.8) is 0 Å². The van der Waals surface area contributed by atoms with E-state index in [-0.39, 0.29) is 6.61 Å². The van der Waals surface area contributed by atoms with E-state index in [2.05, 4.69) is 6.58 Å². The Hall–Kier alpha value is -1.45. The molecule has 0 fully saturated rings. The number of ether oxygens (including phenoxy) is 1. The standard InChI is InChI=1S/C13H10Cl2O3/c1-7-3-13(16)18-11-5-12(17-6-8(2)14)10(15)4-9(7)11/h3-5H,2,6H2,1H3. The molecular weight excluding hydrogens is 275 g/mol. The Balaban J connectivity index is 2.53. The van der Waals surface area contributed by atoms with Crippen molar-refractivity contribution in [2.45, 2.75) is 6.92 Å². The number of rotatable bonds is 3. The first kappa shape index (κ1) is 13.0. The Morgan fingerprint density at radius 2 is 2.17 bits per heavy atom. The molecule has 94 valence electrons. The molecule has 3 nitrogen and oxygen atoms in total. The Kier molecular flexibility index (Phi) is 3.64. The summed E-state index contributed by atoms with van der Waals surface area (Å²) >= 11 is 11.7. The van der Waals surface area contributed by atoms with E-state index in [9.17, 15) is 4.79 Å². The zero-order chi connectivity index (χ0) is 13.3. The van der Waals surface area contributed by atoms with Gasteiger partial charge in [-0.3, -0.25) is 0 Å². The highest BCUT2D eigenvalue weighted by Gasteiger charge is 2.09. The molecule has 0 aliphatic rings. The summed E-state index contributed by atoms with van der Waals surface area (Å²) in [5.41, 5.74) is 0.825. The van der Waals surface area contributed by atoms with Crippen LogP contribution in [0.1, 0.15) is 5.56 Å². The number of aryl methyl sites for hydroxylation is 1. The van der Waals surface area contributed by atoms with Crippen LogP contribution in [0, 0.1) is 6.92 Å². The van der Waals surface area contributed by atoms with Gasteiger partial charge in [0.1, 0.15) is 17.9 Å². The zero-order valence-electron chi connectivity index (χ0n) is 9.63. The molecule has 0 aliphatic carbocycles. The van der Waals surface area contributed by atoms with Crippen LogP contribution in [0.3, 0.4) is 0 Å². The molecule has 0 saturated carbocycles. The van der Waals surface area contributed by atoms with Crippen molar-refractivity contribution in [3.8, 4) is 5.75 Å². The quantitative estimate of drug-likeness (QED) is 0.803. The summed E-state index contributed by atoms with van der Waals surface area (Å²) in [5, 5.41) is 1.56. The van der Waals surface area contributed by atoms with Gasteiger partial charge in [0.15, 0.2) is 0 Å². The number of hydrogen-bond acceptors (Lipinski definition) is 3. The maximum Gasteiger partial charge on any atom is 0.336 e. The smallest absolute Gasteiger partial charge is 0.336 e. The van der Waals surface area contributed by atoms with Crippen molar-refractivity contribution >= 4 is 34.2 Å². The fourth-order valence-electron chi connectivity index (χ4n) is 1.59. The van der Waals surface area contributed by atoms with Crippen molar-refractivity contribution in [3.05, 3.63) is 50.8 Å². The van der Waals surface area contributed by atoms with Crippen LogP contribution in [-0.4, -0.2) is 6.61 Å². The second-order valence-corrected chi connectivity index (χ2v) is 4.77. The number of benzene rings is 1. The van der Waals surface area contributed by atoms with Gasteiger partial charge >= 0.3 is 5.63 Å². The van der Waals surface area contributed by atoms with E-state index < -0.39 is 5.63 Å². The molecule has 0 amide bonds. The number of fused-ring (bicyclic) bond motifs is 1. The van der Waals surface area contributed by atoms with Crippen molar-refractivity contribution in [2.75, 3.05) is 6.61 Å². The van der Waals surface area contributed by atoms with Crippen molar-refractivity contribution in [1.82, 2.24) is 0 Å². The van der Waals surface area contributed by atoms with Crippen LogP contribution in [0.15, 0.2) is 39.0 Å². The van der Waals surface area contributed by atoms with Gasteiger partial charge in [0, 0.05) is 22.6 Å². The summed E-state index contributed by atoms with van der Waals surface area (Å²) in [6, 6.07) is 4.69. The van der Waals surface area contributed by atoms with E-state index in [1.165, 1.54) is 6.07 Å². The second kappa shape index (κ2) is 5.04. The lowest BCUT2D eigenvalue weighted by atomic mass is 10.1. The van der Waals surface area contributed by atoms with E-state index in [1.54, 1.807) is 12.1 Å². The molecule has 2 rings (SSSR count). The lowest BCUT2D eigenvalue weighted by Gasteiger charge is -2.08. The largest absolute Gasteiger partial charge is 0.486 e. The van der Waals surface area contributed by atoms with Crippen molar-refractivity contribution in [2.24, 2.45) is 0 Å². The van der Waals surface area contributed by atoms with Gasteiger partial charge in [-0.1, -0.05) is 29.8 Å². The predicted molar refractivity (Wildman–Crippen MR) is 72.7 cm³/mol. The first-order valence-electron chi connectivity index (χ1n) is 5.17. The molecule has 0 N–H and O–H groups in total. The van der Waals surface area contributed by atoms with Gasteiger partial charge < -0.3 is 9.15 Å². The predicted octanol–water partition coefficient (Wildman–Crippen LogP) is 3.89. The summed E-state index contributed by atoms with van der Waals surface area (Å²) in [6.07, 6.45) is 0. The van der Waals surface area contributed by atoms with Crippen molar-refractivity contribution in [1.29, 1.82) is 0 Å². The third-order valence-corrected chi connectivity index (χ3v) is 2.79. The molecule has 0 unspecified atom stereocenters. The van der Waals surface area contributed by atoms with E-state index >= 15 is 0 Å². The Bertz CT molecular complexity index is 674. The van der Waals surface area contributed by atoms with Gasteiger partial charge in [-0.2, -0.15) is 0 Å². The van der Waals surface area contributed by atoms with Crippen LogP contribution in [0.4, 0.5) is 0 Å². The number of hydrogen-bond donors (Lipinski definition) is 0. The molecule has 1 aromatic carbocycles. The average molecular weight is 285 g/mol. The van der Waals surface area contributed by atoms with Crippen LogP contribution in [0.2, 0.25) is 5.02 Å². The Morgan fingerprint density at radius 3 is 2.83 bits per heavy atom. The fourth-order valence-corrected chi connectivity index (χ4v) is 1.86.